The third-order valence-electron chi connectivity index (χ3n) is 3.31. The Balaban J connectivity index is 2.43. The van der Waals surface area contributed by atoms with Crippen molar-refractivity contribution in [2.45, 2.75) is 32.7 Å². The molecule has 0 saturated carbocycles. The number of ether oxygens (including phenoxy) is 1. The normalized spacial score (nSPS) is 23.1. The zero-order valence-corrected chi connectivity index (χ0v) is 10.7. The van der Waals surface area contributed by atoms with Gasteiger partial charge in [-0.2, -0.15) is 0 Å². The first kappa shape index (κ1) is 13.5. The minimum atomic E-state index is -0.109. The molecule has 4 heteroatoms. The number of rotatable bonds is 5. The van der Waals surface area contributed by atoms with Crippen LogP contribution >= 0.6 is 0 Å². The van der Waals surface area contributed by atoms with E-state index in [1.54, 1.807) is 0 Å². The van der Waals surface area contributed by atoms with Crippen LogP contribution in [0.15, 0.2) is 0 Å². The van der Waals surface area contributed by atoms with Crippen LogP contribution in [0.3, 0.4) is 0 Å². The summed E-state index contributed by atoms with van der Waals surface area (Å²) in [7, 11) is 1.46. The summed E-state index contributed by atoms with van der Waals surface area (Å²) in [4.78, 5) is 13.8. The summed E-state index contributed by atoms with van der Waals surface area (Å²) in [5.41, 5.74) is 0. The van der Waals surface area contributed by atoms with Crippen molar-refractivity contribution in [2.75, 3.05) is 33.3 Å². The number of nitrogens with one attached hydrogen (secondary N) is 1. The van der Waals surface area contributed by atoms with E-state index in [4.69, 9.17) is 4.74 Å². The maximum atomic E-state index is 11.4. The minimum Gasteiger partial charge on any atom is -0.469 e. The van der Waals surface area contributed by atoms with E-state index in [0.29, 0.717) is 6.04 Å². The second kappa shape index (κ2) is 6.86. The fourth-order valence-corrected chi connectivity index (χ4v) is 2.31. The SMILES string of the molecule is CCN(CC(C)C(=O)OC)C1CCCNC1. The number of methoxy groups -OCH3 is 1. The predicted molar refractivity (Wildman–Crippen MR) is 64.3 cm³/mol. The first-order valence-corrected chi connectivity index (χ1v) is 6.21. The zero-order valence-electron chi connectivity index (χ0n) is 10.7. The van der Waals surface area contributed by atoms with Crippen molar-refractivity contribution in [2.24, 2.45) is 5.92 Å². The molecule has 16 heavy (non-hydrogen) atoms. The van der Waals surface area contributed by atoms with E-state index < -0.39 is 0 Å². The Labute approximate surface area is 98.3 Å². The molecule has 94 valence electrons. The summed E-state index contributed by atoms with van der Waals surface area (Å²) in [6.45, 7) is 8.05. The molecule has 0 bridgehead atoms. The average molecular weight is 228 g/mol. The van der Waals surface area contributed by atoms with Gasteiger partial charge in [0.25, 0.3) is 0 Å². The van der Waals surface area contributed by atoms with Crippen LogP contribution in [-0.4, -0.2) is 50.2 Å². The molecule has 1 N–H and O–H groups in total. The van der Waals surface area contributed by atoms with Crippen molar-refractivity contribution >= 4 is 5.97 Å². The molecule has 0 aromatic rings. The van der Waals surface area contributed by atoms with E-state index in [9.17, 15) is 4.79 Å². The van der Waals surface area contributed by atoms with E-state index in [1.807, 2.05) is 6.92 Å². The van der Waals surface area contributed by atoms with Gasteiger partial charge in [0.05, 0.1) is 13.0 Å². The number of carbonyl (C=O) groups excluding carboxylic acids is 1. The van der Waals surface area contributed by atoms with Gasteiger partial charge in [-0.1, -0.05) is 13.8 Å². The molecule has 0 aliphatic carbocycles. The Morgan fingerprint density at radius 1 is 1.62 bits per heavy atom. The average Bonchev–Trinajstić information content (AvgIpc) is 2.35. The van der Waals surface area contributed by atoms with Gasteiger partial charge >= 0.3 is 5.97 Å². The molecule has 1 aliphatic heterocycles. The molecule has 1 rings (SSSR count). The number of hydrogen-bond acceptors (Lipinski definition) is 4. The summed E-state index contributed by atoms with van der Waals surface area (Å²) in [5, 5.41) is 3.41. The lowest BCUT2D eigenvalue weighted by Gasteiger charge is -2.35. The molecular weight excluding hydrogens is 204 g/mol. The van der Waals surface area contributed by atoms with E-state index in [-0.39, 0.29) is 11.9 Å². The number of likely N-dealkylation sites (N-methyl/N-ethyl adjacent to an activating group) is 1. The monoisotopic (exact) mass is 228 g/mol. The summed E-state index contributed by atoms with van der Waals surface area (Å²) in [6, 6.07) is 0.575. The molecule has 0 spiro atoms. The maximum absolute atomic E-state index is 11.4. The molecule has 1 saturated heterocycles. The van der Waals surface area contributed by atoms with Crippen molar-refractivity contribution in [1.29, 1.82) is 0 Å². The number of carbonyl (C=O) groups is 1. The molecule has 2 unspecified atom stereocenters. The van der Waals surface area contributed by atoms with E-state index in [1.165, 1.54) is 20.0 Å². The highest BCUT2D eigenvalue weighted by molar-refractivity contribution is 5.72. The van der Waals surface area contributed by atoms with Crippen molar-refractivity contribution < 1.29 is 9.53 Å². The topological polar surface area (TPSA) is 41.6 Å². The number of hydrogen-bond donors (Lipinski definition) is 1. The largest absolute Gasteiger partial charge is 0.469 e. The molecule has 1 fully saturated rings. The Kier molecular flexibility index (Phi) is 5.77. The van der Waals surface area contributed by atoms with Gasteiger partial charge < -0.3 is 10.1 Å². The quantitative estimate of drug-likeness (QED) is 0.709. The summed E-state index contributed by atoms with van der Waals surface area (Å²) in [6.07, 6.45) is 2.46. The van der Waals surface area contributed by atoms with E-state index in [0.717, 1.165) is 26.2 Å². The van der Waals surface area contributed by atoms with E-state index >= 15 is 0 Å². The number of piperidine rings is 1. The van der Waals surface area contributed by atoms with Crippen LogP contribution in [0.1, 0.15) is 26.7 Å². The fraction of sp³-hybridized carbons (Fsp3) is 0.917. The molecule has 0 radical (unpaired) electrons. The molecule has 0 amide bonds. The third kappa shape index (κ3) is 3.76. The molecule has 2 atom stereocenters. The minimum absolute atomic E-state index is 0.0353. The molecule has 4 nitrogen and oxygen atoms in total. The van der Waals surface area contributed by atoms with Gasteiger partial charge in [-0.05, 0) is 25.9 Å². The van der Waals surface area contributed by atoms with Crippen LogP contribution in [-0.2, 0) is 9.53 Å². The second-order valence-corrected chi connectivity index (χ2v) is 4.51. The highest BCUT2D eigenvalue weighted by Crippen LogP contribution is 2.12. The van der Waals surface area contributed by atoms with Gasteiger partial charge in [0.15, 0.2) is 0 Å². The van der Waals surface area contributed by atoms with Gasteiger partial charge in [-0.3, -0.25) is 9.69 Å². The first-order chi connectivity index (χ1) is 7.69. The fourth-order valence-electron chi connectivity index (χ4n) is 2.31. The predicted octanol–water partition coefficient (Wildman–Crippen LogP) is 0.869. The second-order valence-electron chi connectivity index (χ2n) is 4.51. The van der Waals surface area contributed by atoms with Crippen molar-refractivity contribution in [1.82, 2.24) is 10.2 Å². The third-order valence-corrected chi connectivity index (χ3v) is 3.31. The Morgan fingerprint density at radius 3 is 2.88 bits per heavy atom. The zero-order chi connectivity index (χ0) is 12.0. The molecular formula is C12H24N2O2. The van der Waals surface area contributed by atoms with Crippen LogP contribution in [0.5, 0.6) is 0 Å². The first-order valence-electron chi connectivity index (χ1n) is 6.21. The summed E-state index contributed by atoms with van der Waals surface area (Å²) < 4.78 is 4.76. The van der Waals surface area contributed by atoms with Crippen LogP contribution in [0.25, 0.3) is 0 Å². The van der Waals surface area contributed by atoms with Crippen molar-refractivity contribution in [3.63, 3.8) is 0 Å². The van der Waals surface area contributed by atoms with Gasteiger partial charge in [0, 0.05) is 19.1 Å². The Morgan fingerprint density at radius 2 is 2.38 bits per heavy atom. The van der Waals surface area contributed by atoms with Gasteiger partial charge in [0.2, 0.25) is 0 Å². The van der Waals surface area contributed by atoms with E-state index in [2.05, 4.69) is 17.1 Å². The summed E-state index contributed by atoms with van der Waals surface area (Å²) in [5.74, 6) is -0.144. The number of esters is 1. The van der Waals surface area contributed by atoms with Crippen LogP contribution in [0.2, 0.25) is 0 Å². The highest BCUT2D eigenvalue weighted by Gasteiger charge is 2.23. The molecule has 0 aromatic carbocycles. The maximum Gasteiger partial charge on any atom is 0.309 e. The van der Waals surface area contributed by atoms with Gasteiger partial charge in [-0.25, -0.2) is 0 Å². The van der Waals surface area contributed by atoms with Crippen molar-refractivity contribution in [3.8, 4) is 0 Å². The lowest BCUT2D eigenvalue weighted by Crippen LogP contribution is -2.48. The lowest BCUT2D eigenvalue weighted by atomic mass is 10.0. The van der Waals surface area contributed by atoms with Crippen LogP contribution in [0, 0.1) is 5.92 Å². The van der Waals surface area contributed by atoms with Gasteiger partial charge in [-0.15, -0.1) is 0 Å². The van der Waals surface area contributed by atoms with Gasteiger partial charge in [0.1, 0.15) is 0 Å². The van der Waals surface area contributed by atoms with Crippen LogP contribution in [0.4, 0.5) is 0 Å². The summed E-state index contributed by atoms with van der Waals surface area (Å²) >= 11 is 0. The Bertz CT molecular complexity index is 215. The lowest BCUT2D eigenvalue weighted by molar-refractivity contribution is -0.145. The highest BCUT2D eigenvalue weighted by atomic mass is 16.5. The standard InChI is InChI=1S/C12H24N2O2/c1-4-14(9-10(2)12(15)16-3)11-6-5-7-13-8-11/h10-11,13H,4-9H2,1-3H3. The molecule has 1 aliphatic rings. The Hall–Kier alpha value is -0.610. The van der Waals surface area contributed by atoms with Crippen molar-refractivity contribution in [3.05, 3.63) is 0 Å². The van der Waals surface area contributed by atoms with Crippen LogP contribution < -0.4 is 5.32 Å². The molecule has 0 aromatic heterocycles. The molecule has 1 heterocycles. The number of nitrogens with zero attached hydrogens (tertiary/aromatic N) is 1. The smallest absolute Gasteiger partial charge is 0.309 e.